The first-order valence-electron chi connectivity index (χ1n) is 10.5. The Bertz CT molecular complexity index is 929. The van der Waals surface area contributed by atoms with Crippen LogP contribution in [0.25, 0.3) is 0 Å². The van der Waals surface area contributed by atoms with Gasteiger partial charge in [0.15, 0.2) is 0 Å². The van der Waals surface area contributed by atoms with Crippen molar-refractivity contribution in [3.63, 3.8) is 0 Å². The molecular formula is C23H30O7S. The van der Waals surface area contributed by atoms with Crippen molar-refractivity contribution in [3.8, 4) is 0 Å². The molecule has 0 saturated heterocycles. The van der Waals surface area contributed by atoms with Crippen LogP contribution in [0.5, 0.6) is 0 Å². The molecule has 4 fully saturated rings. The highest BCUT2D eigenvalue weighted by Crippen LogP contribution is 2.57. The van der Waals surface area contributed by atoms with Gasteiger partial charge in [0.2, 0.25) is 0 Å². The van der Waals surface area contributed by atoms with Crippen molar-refractivity contribution in [1.82, 2.24) is 0 Å². The van der Waals surface area contributed by atoms with Crippen LogP contribution in [0.2, 0.25) is 0 Å². The van der Waals surface area contributed by atoms with Gasteiger partial charge in [-0.3, -0.25) is 4.55 Å². The second-order valence-corrected chi connectivity index (χ2v) is 10.5. The zero-order chi connectivity index (χ0) is 22.8. The standard InChI is InChI=1S/C20H24O4.C3H6O3S/c1-12-16(18(21)23-2)4-3-5-17(12)19(22)24-20-9-13-6-14(10-20)8-15(7-13)11-20;1-2-3-7(4,5)6/h3-5,13-15H,6-11H2,1-2H3;2H,1,3H2,(H,4,5,6). The van der Waals surface area contributed by atoms with Gasteiger partial charge in [0, 0.05) is 0 Å². The lowest BCUT2D eigenvalue weighted by molar-refractivity contribution is -0.131. The first-order valence-corrected chi connectivity index (χ1v) is 12.1. The normalized spacial score (nSPS) is 28.3. The summed E-state index contributed by atoms with van der Waals surface area (Å²) >= 11 is 0. The molecule has 4 aliphatic rings. The molecule has 0 spiro atoms. The summed E-state index contributed by atoms with van der Waals surface area (Å²) < 4.78 is 38.2. The van der Waals surface area contributed by atoms with Gasteiger partial charge in [-0.05, 0) is 80.9 Å². The number of benzene rings is 1. The lowest BCUT2D eigenvalue weighted by Crippen LogP contribution is -2.52. The van der Waals surface area contributed by atoms with Crippen LogP contribution in [-0.2, 0) is 19.6 Å². The van der Waals surface area contributed by atoms with Crippen molar-refractivity contribution in [2.75, 3.05) is 12.9 Å². The summed E-state index contributed by atoms with van der Waals surface area (Å²) in [5, 5.41) is 0. The van der Waals surface area contributed by atoms with E-state index in [9.17, 15) is 18.0 Å². The van der Waals surface area contributed by atoms with E-state index in [0.29, 0.717) is 16.7 Å². The number of carbonyl (C=O) groups is 2. The van der Waals surface area contributed by atoms with Gasteiger partial charge in [-0.2, -0.15) is 8.42 Å². The summed E-state index contributed by atoms with van der Waals surface area (Å²) in [6, 6.07) is 5.14. The van der Waals surface area contributed by atoms with Crippen molar-refractivity contribution >= 4 is 22.1 Å². The average molecular weight is 451 g/mol. The molecule has 0 aliphatic heterocycles. The Morgan fingerprint density at radius 2 is 1.58 bits per heavy atom. The van der Waals surface area contributed by atoms with Crippen LogP contribution in [0.3, 0.4) is 0 Å². The van der Waals surface area contributed by atoms with Gasteiger partial charge in [0.25, 0.3) is 10.1 Å². The number of rotatable bonds is 5. The quantitative estimate of drug-likeness (QED) is 0.411. The van der Waals surface area contributed by atoms with Crippen LogP contribution in [0.1, 0.15) is 64.8 Å². The van der Waals surface area contributed by atoms with Crippen molar-refractivity contribution in [1.29, 1.82) is 0 Å². The fraction of sp³-hybridized carbons (Fsp3) is 0.565. The van der Waals surface area contributed by atoms with Gasteiger partial charge < -0.3 is 9.47 Å². The van der Waals surface area contributed by atoms with E-state index in [-0.39, 0.29) is 17.3 Å². The van der Waals surface area contributed by atoms with Crippen molar-refractivity contribution in [2.24, 2.45) is 17.8 Å². The minimum Gasteiger partial charge on any atom is -0.465 e. The minimum absolute atomic E-state index is 0.264. The largest absolute Gasteiger partial charge is 0.465 e. The fourth-order valence-electron chi connectivity index (χ4n) is 5.74. The molecule has 5 rings (SSSR count). The highest BCUT2D eigenvalue weighted by molar-refractivity contribution is 7.85. The van der Waals surface area contributed by atoms with Crippen molar-refractivity contribution < 1.29 is 32.0 Å². The monoisotopic (exact) mass is 450 g/mol. The van der Waals surface area contributed by atoms with Gasteiger partial charge in [0.05, 0.1) is 24.0 Å². The van der Waals surface area contributed by atoms with E-state index in [1.807, 2.05) is 0 Å². The summed E-state index contributed by atoms with van der Waals surface area (Å²) in [6.07, 6.45) is 8.10. The first-order chi connectivity index (χ1) is 14.6. The number of methoxy groups -OCH3 is 1. The fourth-order valence-corrected chi connectivity index (χ4v) is 6.04. The molecule has 0 amide bonds. The van der Waals surface area contributed by atoms with Crippen LogP contribution >= 0.6 is 0 Å². The number of ether oxygens (including phenoxy) is 2. The summed E-state index contributed by atoms with van der Waals surface area (Å²) in [5.41, 5.74) is 1.28. The van der Waals surface area contributed by atoms with Gasteiger partial charge in [0.1, 0.15) is 5.60 Å². The molecule has 1 aromatic rings. The molecule has 0 aromatic heterocycles. The lowest BCUT2D eigenvalue weighted by atomic mass is 9.54. The first kappa shape index (κ1) is 23.5. The molecule has 4 aliphatic carbocycles. The minimum atomic E-state index is -3.79. The second kappa shape index (κ2) is 9.12. The Kier molecular flexibility index (Phi) is 6.91. The van der Waals surface area contributed by atoms with E-state index in [0.717, 1.165) is 43.1 Å². The Hall–Kier alpha value is -2.19. The Balaban J connectivity index is 0.000000339. The Morgan fingerprint density at radius 1 is 1.10 bits per heavy atom. The highest BCUT2D eigenvalue weighted by atomic mass is 32.2. The number of hydrogen-bond acceptors (Lipinski definition) is 6. The molecule has 0 heterocycles. The molecule has 170 valence electrons. The molecular weight excluding hydrogens is 420 g/mol. The zero-order valence-electron chi connectivity index (χ0n) is 18.0. The molecule has 4 bridgehead atoms. The molecule has 7 nitrogen and oxygen atoms in total. The lowest BCUT2D eigenvalue weighted by Gasteiger charge is -2.55. The predicted molar refractivity (Wildman–Crippen MR) is 115 cm³/mol. The molecule has 0 radical (unpaired) electrons. The summed E-state index contributed by atoms with van der Waals surface area (Å²) in [7, 11) is -2.44. The van der Waals surface area contributed by atoms with Gasteiger partial charge in [-0.1, -0.05) is 12.1 Å². The van der Waals surface area contributed by atoms with Gasteiger partial charge in [-0.15, -0.1) is 6.58 Å². The molecule has 31 heavy (non-hydrogen) atoms. The summed E-state index contributed by atoms with van der Waals surface area (Å²) in [4.78, 5) is 24.7. The Labute approximate surface area is 183 Å². The van der Waals surface area contributed by atoms with Gasteiger partial charge >= 0.3 is 11.9 Å². The highest BCUT2D eigenvalue weighted by Gasteiger charge is 2.53. The number of esters is 2. The summed E-state index contributed by atoms with van der Waals surface area (Å²) in [6.45, 7) is 4.89. The molecule has 0 atom stereocenters. The maximum atomic E-state index is 12.8. The predicted octanol–water partition coefficient (Wildman–Crippen LogP) is 3.97. The Morgan fingerprint density at radius 3 is 1.97 bits per heavy atom. The third-order valence-electron chi connectivity index (χ3n) is 6.58. The van der Waals surface area contributed by atoms with E-state index in [1.165, 1.54) is 26.4 Å². The molecule has 1 aromatic carbocycles. The molecule has 4 saturated carbocycles. The SMILES string of the molecule is C=CCS(=O)(=O)O.COC(=O)c1cccc(C(=O)OC23CC4CC(CC(C4)C2)C3)c1C. The second-order valence-electron chi connectivity index (χ2n) is 9.00. The van der Waals surface area contributed by atoms with E-state index in [1.54, 1.807) is 25.1 Å². The smallest absolute Gasteiger partial charge is 0.338 e. The van der Waals surface area contributed by atoms with E-state index < -0.39 is 16.1 Å². The van der Waals surface area contributed by atoms with Crippen molar-refractivity contribution in [2.45, 2.75) is 51.0 Å². The third kappa shape index (κ3) is 5.54. The maximum absolute atomic E-state index is 12.8. The van der Waals surface area contributed by atoms with E-state index in [4.69, 9.17) is 14.0 Å². The van der Waals surface area contributed by atoms with Crippen LogP contribution in [0.4, 0.5) is 0 Å². The number of carbonyl (C=O) groups excluding carboxylic acids is 2. The maximum Gasteiger partial charge on any atom is 0.338 e. The van der Waals surface area contributed by atoms with E-state index >= 15 is 0 Å². The van der Waals surface area contributed by atoms with Crippen molar-refractivity contribution in [3.05, 3.63) is 47.5 Å². The van der Waals surface area contributed by atoms with Crippen LogP contribution < -0.4 is 0 Å². The van der Waals surface area contributed by atoms with Gasteiger partial charge in [-0.25, -0.2) is 9.59 Å². The van der Waals surface area contributed by atoms with Crippen LogP contribution in [0.15, 0.2) is 30.9 Å². The molecule has 1 N–H and O–H groups in total. The molecule has 8 heteroatoms. The zero-order valence-corrected chi connectivity index (χ0v) is 18.8. The van der Waals surface area contributed by atoms with E-state index in [2.05, 4.69) is 6.58 Å². The topological polar surface area (TPSA) is 107 Å². The van der Waals surface area contributed by atoms with Crippen LogP contribution in [0, 0.1) is 24.7 Å². The van der Waals surface area contributed by atoms with Crippen LogP contribution in [-0.4, -0.2) is 43.4 Å². The third-order valence-corrected chi connectivity index (χ3v) is 7.24. The molecule has 0 unspecified atom stereocenters. The summed E-state index contributed by atoms with van der Waals surface area (Å²) in [5.74, 6) is 1.11. The average Bonchev–Trinajstić information content (AvgIpc) is 2.65. The number of hydrogen-bond donors (Lipinski definition) is 1.